The Kier molecular flexibility index (Phi) is 9.95. The number of piperidine rings is 2. The number of nitrogens with zero attached hydrogens (tertiary/aromatic N) is 4. The Labute approximate surface area is 248 Å². The summed E-state index contributed by atoms with van der Waals surface area (Å²) >= 11 is 12.3. The second-order valence-electron chi connectivity index (χ2n) is 11.0. The fourth-order valence-electron chi connectivity index (χ4n) is 5.78. The molecule has 0 bridgehead atoms. The van der Waals surface area contributed by atoms with E-state index in [1.165, 1.54) is 35.1 Å². The van der Waals surface area contributed by atoms with E-state index in [-0.39, 0.29) is 27.4 Å². The fourth-order valence-corrected chi connectivity index (χ4v) is 6.25. The molecule has 0 radical (unpaired) electrons. The van der Waals surface area contributed by atoms with E-state index in [2.05, 4.69) is 9.88 Å². The van der Waals surface area contributed by atoms with Gasteiger partial charge in [-0.2, -0.15) is 13.2 Å². The molecule has 3 heterocycles. The van der Waals surface area contributed by atoms with Crippen LogP contribution in [0.4, 0.5) is 19.0 Å². The Balaban J connectivity index is 1.30. The summed E-state index contributed by atoms with van der Waals surface area (Å²) in [7, 11) is 4.67. The zero-order valence-electron chi connectivity index (χ0n) is 23.4. The molecule has 0 N–H and O–H groups in total. The van der Waals surface area contributed by atoms with Gasteiger partial charge >= 0.3 is 6.18 Å². The topological polar surface area (TPSA) is 66.0 Å². The van der Waals surface area contributed by atoms with Gasteiger partial charge in [0.15, 0.2) is 5.92 Å². The monoisotopic (exact) mass is 614 g/mol. The molecule has 41 heavy (non-hydrogen) atoms. The first kappa shape index (κ1) is 31.2. The van der Waals surface area contributed by atoms with E-state index in [1.807, 2.05) is 6.07 Å². The number of likely N-dealkylation sites (tertiary alicyclic amines) is 1. The second-order valence-corrected chi connectivity index (χ2v) is 11.8. The fraction of sp³-hybridized carbons (Fsp3) is 0.552. The molecule has 1 unspecified atom stereocenters. The number of amides is 2. The van der Waals surface area contributed by atoms with Gasteiger partial charge in [0, 0.05) is 45.3 Å². The molecule has 2 amide bonds. The highest BCUT2D eigenvalue weighted by atomic mass is 35.5. The van der Waals surface area contributed by atoms with Crippen LogP contribution in [0.25, 0.3) is 0 Å². The molecule has 12 heteroatoms. The highest BCUT2D eigenvalue weighted by molar-refractivity contribution is 6.32. The lowest BCUT2D eigenvalue weighted by atomic mass is 9.82. The summed E-state index contributed by atoms with van der Waals surface area (Å²) < 4.78 is 47.3. The average Bonchev–Trinajstić information content (AvgIpc) is 2.92. The summed E-state index contributed by atoms with van der Waals surface area (Å²) in [5, 5.41) is 0.272. The highest BCUT2D eigenvalue weighted by Gasteiger charge is 2.48. The van der Waals surface area contributed by atoms with Crippen molar-refractivity contribution in [1.82, 2.24) is 14.8 Å². The molecule has 1 aromatic heterocycles. The minimum absolute atomic E-state index is 0.0847. The van der Waals surface area contributed by atoms with Crippen LogP contribution in [0.2, 0.25) is 10.2 Å². The maximum absolute atomic E-state index is 14.1. The molecule has 4 rings (SSSR count). The van der Waals surface area contributed by atoms with Crippen molar-refractivity contribution in [1.29, 1.82) is 0 Å². The lowest BCUT2D eigenvalue weighted by Gasteiger charge is -2.38. The molecule has 0 spiro atoms. The van der Waals surface area contributed by atoms with Crippen molar-refractivity contribution in [2.24, 2.45) is 11.8 Å². The average molecular weight is 616 g/mol. The molecule has 1 aromatic carbocycles. The SMILES string of the molecule is COc1cc(Cl)cc(C(C(=O)N2CCC(CC3CCN(c4ccc(C(=O)N(C)C)c(Cl)n4)CC3)CC2)C(F)(F)F)c1. The van der Waals surface area contributed by atoms with Gasteiger partial charge in [-0.05, 0) is 79.8 Å². The van der Waals surface area contributed by atoms with E-state index in [1.54, 1.807) is 20.2 Å². The van der Waals surface area contributed by atoms with E-state index in [0.29, 0.717) is 43.3 Å². The van der Waals surface area contributed by atoms with E-state index >= 15 is 0 Å². The Morgan fingerprint density at radius 2 is 1.63 bits per heavy atom. The van der Waals surface area contributed by atoms with Gasteiger partial charge < -0.3 is 19.4 Å². The third-order valence-corrected chi connectivity index (χ3v) is 8.55. The van der Waals surface area contributed by atoms with Crippen molar-refractivity contribution < 1.29 is 27.5 Å². The van der Waals surface area contributed by atoms with Crippen LogP contribution < -0.4 is 9.64 Å². The van der Waals surface area contributed by atoms with E-state index in [9.17, 15) is 22.8 Å². The van der Waals surface area contributed by atoms with Crippen LogP contribution in [-0.2, 0) is 4.79 Å². The van der Waals surface area contributed by atoms with Crippen LogP contribution in [-0.4, -0.2) is 80.2 Å². The number of pyridine rings is 1. The zero-order valence-corrected chi connectivity index (χ0v) is 24.9. The smallest absolute Gasteiger partial charge is 0.404 e. The predicted octanol–water partition coefficient (Wildman–Crippen LogP) is 6.29. The molecular weight excluding hydrogens is 580 g/mol. The number of aromatic nitrogens is 1. The van der Waals surface area contributed by atoms with Gasteiger partial charge in [0.05, 0.1) is 12.7 Å². The van der Waals surface area contributed by atoms with Crippen LogP contribution in [0.5, 0.6) is 5.75 Å². The predicted molar refractivity (Wildman–Crippen MR) is 153 cm³/mol. The van der Waals surface area contributed by atoms with Gasteiger partial charge in [0.1, 0.15) is 16.7 Å². The van der Waals surface area contributed by atoms with Crippen molar-refractivity contribution in [3.8, 4) is 5.75 Å². The Morgan fingerprint density at radius 3 is 2.17 bits per heavy atom. The third-order valence-electron chi connectivity index (χ3n) is 8.04. The molecule has 224 valence electrons. The number of hydrogen-bond donors (Lipinski definition) is 0. The van der Waals surface area contributed by atoms with Crippen LogP contribution in [0.15, 0.2) is 30.3 Å². The van der Waals surface area contributed by atoms with Crippen LogP contribution >= 0.6 is 23.2 Å². The Hall–Kier alpha value is -2.72. The van der Waals surface area contributed by atoms with Gasteiger partial charge in [-0.3, -0.25) is 9.59 Å². The van der Waals surface area contributed by atoms with Gasteiger partial charge in [0.2, 0.25) is 5.91 Å². The quantitative estimate of drug-likeness (QED) is 0.343. The van der Waals surface area contributed by atoms with Crippen LogP contribution in [0.1, 0.15) is 53.9 Å². The van der Waals surface area contributed by atoms with E-state index in [4.69, 9.17) is 27.9 Å². The minimum atomic E-state index is -4.75. The summed E-state index contributed by atoms with van der Waals surface area (Å²) in [5.41, 5.74) is 0.157. The van der Waals surface area contributed by atoms with Crippen molar-refractivity contribution in [2.45, 2.75) is 44.2 Å². The molecule has 0 aliphatic carbocycles. The summed E-state index contributed by atoms with van der Waals surface area (Å²) in [6.45, 7) is 2.21. The molecule has 2 aliphatic rings. The van der Waals surface area contributed by atoms with Crippen LogP contribution in [0.3, 0.4) is 0 Å². The first-order chi connectivity index (χ1) is 19.4. The van der Waals surface area contributed by atoms with E-state index in [0.717, 1.165) is 38.2 Å². The van der Waals surface area contributed by atoms with Gasteiger partial charge in [-0.15, -0.1) is 0 Å². The van der Waals surface area contributed by atoms with Crippen molar-refractivity contribution in [2.75, 3.05) is 52.3 Å². The highest BCUT2D eigenvalue weighted by Crippen LogP contribution is 2.40. The second kappa shape index (κ2) is 13.1. The van der Waals surface area contributed by atoms with Crippen LogP contribution in [0, 0.1) is 11.8 Å². The minimum Gasteiger partial charge on any atom is -0.497 e. The first-order valence-corrected chi connectivity index (χ1v) is 14.5. The third kappa shape index (κ3) is 7.57. The number of benzene rings is 1. The largest absolute Gasteiger partial charge is 0.497 e. The number of anilines is 1. The van der Waals surface area contributed by atoms with Crippen molar-refractivity contribution >= 4 is 40.8 Å². The normalized spacial score (nSPS) is 17.9. The van der Waals surface area contributed by atoms with E-state index < -0.39 is 18.0 Å². The molecule has 1 atom stereocenters. The molecule has 0 saturated carbocycles. The molecular formula is C29H35Cl2F3N4O3. The zero-order chi connectivity index (χ0) is 29.9. The summed E-state index contributed by atoms with van der Waals surface area (Å²) in [4.78, 5) is 34.8. The maximum atomic E-state index is 14.1. The number of carbonyl (C=O) groups is 2. The number of alkyl halides is 3. The standard InChI is InChI=1S/C29H35Cl2F3N4O3/c1-36(2)27(39)23-4-5-24(35-26(23)31)37-10-6-18(7-11-37)14-19-8-12-38(13-9-19)28(40)25(29(32,33)34)20-15-21(30)17-22(16-20)41-3/h4-5,15-19,25H,6-14H2,1-3H3. The molecule has 2 saturated heterocycles. The van der Waals surface area contributed by atoms with Crippen molar-refractivity contribution in [3.63, 3.8) is 0 Å². The first-order valence-electron chi connectivity index (χ1n) is 13.7. The lowest BCUT2D eigenvalue weighted by molar-refractivity contribution is -0.173. The summed E-state index contributed by atoms with van der Waals surface area (Å²) in [6, 6.07) is 7.35. The number of halogens is 5. The maximum Gasteiger partial charge on any atom is 0.404 e. The molecule has 2 aromatic rings. The Morgan fingerprint density at radius 1 is 1.02 bits per heavy atom. The number of carbonyl (C=O) groups excluding carboxylic acids is 2. The number of methoxy groups -OCH3 is 1. The number of rotatable bonds is 7. The molecule has 2 aliphatic heterocycles. The van der Waals surface area contributed by atoms with Gasteiger partial charge in [-0.1, -0.05) is 23.2 Å². The van der Waals surface area contributed by atoms with Crippen molar-refractivity contribution in [3.05, 3.63) is 51.6 Å². The summed E-state index contributed by atoms with van der Waals surface area (Å²) in [5.74, 6) is -1.66. The number of ether oxygens (including phenoxy) is 1. The van der Waals surface area contributed by atoms with Gasteiger partial charge in [0.25, 0.3) is 5.91 Å². The summed E-state index contributed by atoms with van der Waals surface area (Å²) in [6.07, 6.45) is -0.498. The van der Waals surface area contributed by atoms with Gasteiger partial charge in [-0.25, -0.2) is 4.98 Å². The Bertz CT molecular complexity index is 1240. The lowest BCUT2D eigenvalue weighted by Crippen LogP contribution is -2.45. The molecule has 2 fully saturated rings. The number of hydrogen-bond acceptors (Lipinski definition) is 5. The molecule has 7 nitrogen and oxygen atoms in total.